The average molecular weight is 308 g/mol. The first-order valence-corrected chi connectivity index (χ1v) is 9.23. The number of hydrogen-bond donors (Lipinski definition) is 1. The molecule has 2 nitrogen and oxygen atoms in total. The van der Waals surface area contributed by atoms with Crippen LogP contribution in [0.2, 0.25) is 0 Å². The van der Waals surface area contributed by atoms with E-state index < -0.39 is 12.3 Å². The summed E-state index contributed by atoms with van der Waals surface area (Å²) in [5.41, 5.74) is -0.0958. The van der Waals surface area contributed by atoms with Gasteiger partial charge in [-0.1, -0.05) is 13.8 Å². The monoisotopic (exact) mass is 308 g/mol. The Balaban J connectivity index is 1.67. The maximum atomic E-state index is 14.2. The number of alkyl halides is 1. The molecule has 3 heteroatoms. The van der Waals surface area contributed by atoms with E-state index in [2.05, 4.69) is 13.8 Å². The van der Waals surface area contributed by atoms with E-state index in [1.165, 1.54) is 0 Å². The van der Waals surface area contributed by atoms with Gasteiger partial charge in [0.1, 0.15) is 12.0 Å². The Kier molecular flexibility index (Phi) is 3.28. The van der Waals surface area contributed by atoms with Gasteiger partial charge in [-0.15, -0.1) is 0 Å². The summed E-state index contributed by atoms with van der Waals surface area (Å²) in [6, 6.07) is 0. The zero-order valence-corrected chi connectivity index (χ0v) is 13.9. The predicted molar refractivity (Wildman–Crippen MR) is 83.0 cm³/mol. The Morgan fingerprint density at radius 2 is 1.86 bits per heavy atom. The second-order valence-corrected chi connectivity index (χ2v) is 9.07. The third-order valence-electron chi connectivity index (χ3n) is 8.33. The van der Waals surface area contributed by atoms with Gasteiger partial charge in [-0.3, -0.25) is 4.79 Å². The SMILES string of the molecule is C[C@]12CCCC(=O)C1CC[C@@H]1[C@H]2CC[C@]2(C)C(O)C(F)C[C@@H]12. The van der Waals surface area contributed by atoms with Crippen LogP contribution in [0.5, 0.6) is 0 Å². The quantitative estimate of drug-likeness (QED) is 0.737. The summed E-state index contributed by atoms with van der Waals surface area (Å²) in [7, 11) is 0. The van der Waals surface area contributed by atoms with Crippen LogP contribution < -0.4 is 0 Å². The lowest BCUT2D eigenvalue weighted by Crippen LogP contribution is -2.55. The number of hydrogen-bond acceptors (Lipinski definition) is 2. The first-order valence-electron chi connectivity index (χ1n) is 9.23. The second kappa shape index (κ2) is 4.78. The molecule has 1 N–H and O–H groups in total. The minimum Gasteiger partial charge on any atom is -0.390 e. The van der Waals surface area contributed by atoms with Gasteiger partial charge in [0.25, 0.3) is 0 Å². The molecule has 4 rings (SSSR count). The third-order valence-corrected chi connectivity index (χ3v) is 8.33. The highest BCUT2D eigenvalue weighted by molar-refractivity contribution is 5.82. The van der Waals surface area contributed by atoms with Crippen molar-refractivity contribution in [3.05, 3.63) is 0 Å². The van der Waals surface area contributed by atoms with E-state index >= 15 is 0 Å². The van der Waals surface area contributed by atoms with E-state index in [0.717, 1.165) is 44.9 Å². The fourth-order valence-corrected chi connectivity index (χ4v) is 7.11. The molecule has 0 heterocycles. The zero-order valence-electron chi connectivity index (χ0n) is 13.9. The van der Waals surface area contributed by atoms with Gasteiger partial charge in [0.15, 0.2) is 0 Å². The van der Waals surface area contributed by atoms with Crippen LogP contribution in [0.25, 0.3) is 0 Å². The minimum atomic E-state index is -1.05. The van der Waals surface area contributed by atoms with Crippen molar-refractivity contribution in [2.75, 3.05) is 0 Å². The first kappa shape index (κ1) is 15.1. The van der Waals surface area contributed by atoms with E-state index in [9.17, 15) is 14.3 Å². The second-order valence-electron chi connectivity index (χ2n) is 9.07. The zero-order chi connectivity index (χ0) is 15.7. The summed E-state index contributed by atoms with van der Waals surface area (Å²) in [6.45, 7) is 4.45. The molecule has 0 aliphatic heterocycles. The first-order chi connectivity index (χ1) is 10.4. The van der Waals surface area contributed by atoms with Crippen LogP contribution in [0.15, 0.2) is 0 Å². The van der Waals surface area contributed by atoms with Crippen molar-refractivity contribution in [3.8, 4) is 0 Å². The van der Waals surface area contributed by atoms with Crippen LogP contribution in [-0.2, 0) is 4.79 Å². The molecule has 22 heavy (non-hydrogen) atoms. The molecular weight excluding hydrogens is 279 g/mol. The number of fused-ring (bicyclic) bond motifs is 5. The van der Waals surface area contributed by atoms with E-state index in [1.807, 2.05) is 0 Å². The molecule has 0 aromatic carbocycles. The van der Waals surface area contributed by atoms with Crippen LogP contribution in [0.4, 0.5) is 4.39 Å². The van der Waals surface area contributed by atoms with Crippen molar-refractivity contribution in [1.82, 2.24) is 0 Å². The van der Waals surface area contributed by atoms with Gasteiger partial charge in [-0.25, -0.2) is 4.39 Å². The number of carbonyl (C=O) groups is 1. The van der Waals surface area contributed by atoms with Crippen LogP contribution in [-0.4, -0.2) is 23.2 Å². The third kappa shape index (κ3) is 1.78. The molecule has 3 unspecified atom stereocenters. The maximum Gasteiger partial charge on any atom is 0.136 e. The van der Waals surface area contributed by atoms with Crippen LogP contribution in [0.1, 0.15) is 65.2 Å². The summed E-state index contributed by atoms with van der Waals surface area (Å²) >= 11 is 0. The van der Waals surface area contributed by atoms with Gasteiger partial charge in [0, 0.05) is 12.3 Å². The number of rotatable bonds is 0. The van der Waals surface area contributed by atoms with Gasteiger partial charge < -0.3 is 5.11 Å². The molecule has 0 spiro atoms. The molecule has 4 fully saturated rings. The van der Waals surface area contributed by atoms with Gasteiger partial charge in [0.05, 0.1) is 6.10 Å². The smallest absolute Gasteiger partial charge is 0.136 e. The van der Waals surface area contributed by atoms with Crippen molar-refractivity contribution < 1.29 is 14.3 Å². The van der Waals surface area contributed by atoms with Crippen molar-refractivity contribution in [3.63, 3.8) is 0 Å². The number of halogens is 1. The molecule has 8 atom stereocenters. The molecule has 0 radical (unpaired) electrons. The van der Waals surface area contributed by atoms with E-state index in [0.29, 0.717) is 30.0 Å². The molecule has 0 amide bonds. The van der Waals surface area contributed by atoms with E-state index in [1.54, 1.807) is 0 Å². The van der Waals surface area contributed by atoms with Crippen molar-refractivity contribution in [1.29, 1.82) is 0 Å². The molecule has 4 aliphatic rings. The predicted octanol–water partition coefficient (Wildman–Crippen LogP) is 3.91. The fourth-order valence-electron chi connectivity index (χ4n) is 7.11. The number of aliphatic hydroxyl groups is 1. The van der Waals surface area contributed by atoms with Crippen molar-refractivity contribution >= 4 is 5.78 Å². The molecule has 0 aromatic heterocycles. The normalized spacial score (nSPS) is 57.9. The molecule has 4 saturated carbocycles. The fraction of sp³-hybridized carbons (Fsp3) is 0.947. The minimum absolute atomic E-state index is 0.138. The van der Waals surface area contributed by atoms with Crippen LogP contribution >= 0.6 is 0 Å². The standard InChI is InChI=1S/C19H29FO2/c1-18-8-3-4-16(21)13(18)6-5-11-12(18)7-9-19(2)14(11)10-15(20)17(19)22/h11-15,17,22H,3-10H2,1-2H3/t11-,12-,13?,14+,15?,17?,18-,19+/m1/s1. The molecular formula is C19H29FO2. The molecule has 4 aliphatic carbocycles. The molecule has 0 aromatic rings. The number of carbonyl (C=O) groups excluding carboxylic acids is 1. The number of Topliss-reactive ketones (excluding diaryl/α,β-unsaturated/α-hetero) is 1. The summed E-state index contributed by atoms with van der Waals surface area (Å²) in [6.07, 6.45) is 5.73. The summed E-state index contributed by atoms with van der Waals surface area (Å²) in [4.78, 5) is 12.4. The molecule has 0 saturated heterocycles. The summed E-state index contributed by atoms with van der Waals surface area (Å²) in [5, 5.41) is 10.4. The maximum absolute atomic E-state index is 14.2. The molecule has 0 bridgehead atoms. The van der Waals surface area contributed by atoms with Gasteiger partial charge >= 0.3 is 0 Å². The average Bonchev–Trinajstić information content (AvgIpc) is 2.71. The van der Waals surface area contributed by atoms with Crippen LogP contribution in [0.3, 0.4) is 0 Å². The van der Waals surface area contributed by atoms with Gasteiger partial charge in [-0.2, -0.15) is 0 Å². The lowest BCUT2D eigenvalue weighted by molar-refractivity contribution is -0.150. The Hall–Kier alpha value is -0.440. The van der Waals surface area contributed by atoms with Crippen molar-refractivity contribution in [2.24, 2.45) is 34.5 Å². The van der Waals surface area contributed by atoms with Crippen LogP contribution in [0, 0.1) is 34.5 Å². The highest BCUT2D eigenvalue weighted by Crippen LogP contribution is 2.65. The lowest BCUT2D eigenvalue weighted by Gasteiger charge is -2.59. The highest BCUT2D eigenvalue weighted by Gasteiger charge is 2.62. The topological polar surface area (TPSA) is 37.3 Å². The van der Waals surface area contributed by atoms with Gasteiger partial charge in [0.2, 0.25) is 0 Å². The Labute approximate surface area is 132 Å². The summed E-state index contributed by atoms with van der Waals surface area (Å²) in [5.74, 6) is 2.12. The van der Waals surface area contributed by atoms with E-state index in [4.69, 9.17) is 0 Å². The largest absolute Gasteiger partial charge is 0.390 e. The Morgan fingerprint density at radius 3 is 2.64 bits per heavy atom. The van der Waals surface area contributed by atoms with E-state index in [-0.39, 0.29) is 16.7 Å². The lowest BCUT2D eigenvalue weighted by atomic mass is 9.45. The number of aliphatic hydroxyl groups excluding tert-OH is 1. The molecule has 124 valence electrons. The van der Waals surface area contributed by atoms with Gasteiger partial charge in [-0.05, 0) is 73.5 Å². The summed E-state index contributed by atoms with van der Waals surface area (Å²) < 4.78 is 14.2. The highest BCUT2D eigenvalue weighted by atomic mass is 19.1. The van der Waals surface area contributed by atoms with Crippen molar-refractivity contribution in [2.45, 2.75) is 77.5 Å². The Morgan fingerprint density at radius 1 is 1.09 bits per heavy atom. The number of ketones is 1. The Bertz CT molecular complexity index is 492.